The topological polar surface area (TPSA) is 101 Å². The standard InChI is InChI=1S/C9H10O5.K/c10-6-2-1-5(3-7(6)11)4-8(12)9(13)14;/h1-3,8,10-12H,4H2,(H,13,14);/q;+1/p-1. The summed E-state index contributed by atoms with van der Waals surface area (Å²) in [6.45, 7) is 0. The summed E-state index contributed by atoms with van der Waals surface area (Å²) in [5, 5.41) is 37.1. The zero-order valence-electron chi connectivity index (χ0n) is 8.17. The Morgan fingerprint density at radius 2 is 1.93 bits per heavy atom. The Morgan fingerprint density at radius 1 is 1.33 bits per heavy atom. The van der Waals surface area contributed by atoms with Crippen LogP contribution >= 0.6 is 0 Å². The van der Waals surface area contributed by atoms with E-state index >= 15 is 0 Å². The van der Waals surface area contributed by atoms with Crippen LogP contribution in [-0.2, 0) is 11.2 Å². The van der Waals surface area contributed by atoms with Crippen molar-refractivity contribution in [2.45, 2.75) is 12.5 Å². The third-order valence-corrected chi connectivity index (χ3v) is 1.74. The van der Waals surface area contributed by atoms with Gasteiger partial charge in [-0.2, -0.15) is 0 Å². The zero-order valence-corrected chi connectivity index (χ0v) is 11.3. The van der Waals surface area contributed by atoms with Crippen LogP contribution in [-0.4, -0.2) is 27.4 Å². The predicted molar refractivity (Wildman–Crippen MR) is 44.5 cm³/mol. The van der Waals surface area contributed by atoms with Gasteiger partial charge in [0, 0.05) is 6.42 Å². The maximum atomic E-state index is 10.2. The Kier molecular flexibility index (Phi) is 6.42. The average Bonchev–Trinajstić information content (AvgIpc) is 2.11. The molecule has 0 saturated heterocycles. The molecule has 0 aliphatic rings. The number of phenolic OH excluding ortho intramolecular Hbond substituents is 2. The van der Waals surface area contributed by atoms with Gasteiger partial charge in [-0.25, -0.2) is 0 Å². The van der Waals surface area contributed by atoms with Gasteiger partial charge in [-0.3, -0.25) is 0 Å². The Hall–Kier alpha value is -0.114. The number of carboxylic acids is 1. The van der Waals surface area contributed by atoms with Crippen LogP contribution in [0.1, 0.15) is 5.56 Å². The maximum absolute atomic E-state index is 10.2. The number of aliphatic hydroxyl groups is 1. The fourth-order valence-electron chi connectivity index (χ4n) is 1.00. The molecule has 0 saturated carbocycles. The summed E-state index contributed by atoms with van der Waals surface area (Å²) in [7, 11) is 0. The number of carboxylic acid groups (broad SMARTS) is 1. The molecule has 15 heavy (non-hydrogen) atoms. The molecular formula is C9H9KO5. The van der Waals surface area contributed by atoms with Gasteiger partial charge in [0.2, 0.25) is 0 Å². The summed E-state index contributed by atoms with van der Waals surface area (Å²) in [6, 6.07) is 3.80. The van der Waals surface area contributed by atoms with Crippen molar-refractivity contribution >= 4 is 5.97 Å². The quantitative estimate of drug-likeness (QED) is 0.364. The summed E-state index contributed by atoms with van der Waals surface area (Å²) in [5.41, 5.74) is 0.400. The molecule has 0 bridgehead atoms. The van der Waals surface area contributed by atoms with E-state index in [1.54, 1.807) is 0 Å². The Morgan fingerprint density at radius 3 is 2.40 bits per heavy atom. The van der Waals surface area contributed by atoms with Crippen LogP contribution in [0.25, 0.3) is 0 Å². The van der Waals surface area contributed by atoms with E-state index in [4.69, 9.17) is 15.3 Å². The van der Waals surface area contributed by atoms with E-state index in [0.29, 0.717) is 5.56 Å². The fraction of sp³-hybridized carbons (Fsp3) is 0.222. The molecule has 76 valence electrons. The number of carbonyl (C=O) groups excluding carboxylic acids is 1. The van der Waals surface area contributed by atoms with Crippen molar-refractivity contribution < 1.29 is 76.6 Å². The van der Waals surface area contributed by atoms with Crippen LogP contribution in [0, 0.1) is 0 Å². The summed E-state index contributed by atoms with van der Waals surface area (Å²) < 4.78 is 0. The number of aliphatic hydroxyl groups excluding tert-OH is 1. The van der Waals surface area contributed by atoms with E-state index in [1.165, 1.54) is 18.2 Å². The number of phenols is 2. The number of hydrogen-bond donors (Lipinski definition) is 3. The molecule has 0 spiro atoms. The van der Waals surface area contributed by atoms with Crippen LogP contribution < -0.4 is 56.5 Å². The number of hydrogen-bond acceptors (Lipinski definition) is 5. The molecule has 0 aliphatic heterocycles. The normalized spacial score (nSPS) is 11.5. The molecule has 6 heteroatoms. The second kappa shape index (κ2) is 6.46. The fourth-order valence-corrected chi connectivity index (χ4v) is 1.00. The van der Waals surface area contributed by atoms with E-state index < -0.39 is 12.1 Å². The van der Waals surface area contributed by atoms with Crippen LogP contribution in [0.15, 0.2) is 18.2 Å². The molecule has 1 unspecified atom stereocenters. The Balaban J connectivity index is 0.00000196. The first-order chi connectivity index (χ1) is 6.50. The molecule has 5 nitrogen and oxygen atoms in total. The first-order valence-electron chi connectivity index (χ1n) is 3.90. The number of rotatable bonds is 3. The molecule has 0 radical (unpaired) electrons. The van der Waals surface area contributed by atoms with Crippen molar-refractivity contribution in [2.75, 3.05) is 0 Å². The number of carbonyl (C=O) groups is 1. The van der Waals surface area contributed by atoms with Gasteiger partial charge in [0.1, 0.15) is 0 Å². The van der Waals surface area contributed by atoms with Crippen molar-refractivity contribution in [3.05, 3.63) is 23.8 Å². The predicted octanol–water partition coefficient (Wildman–Crippen LogP) is -4.24. The van der Waals surface area contributed by atoms with E-state index in [9.17, 15) is 9.90 Å². The minimum atomic E-state index is -1.61. The minimum absolute atomic E-state index is 0. The number of aromatic hydroxyl groups is 2. The first kappa shape index (κ1) is 14.9. The number of benzene rings is 1. The smallest absolute Gasteiger partial charge is 0.547 e. The van der Waals surface area contributed by atoms with Gasteiger partial charge in [0.25, 0.3) is 0 Å². The van der Waals surface area contributed by atoms with Crippen molar-refractivity contribution in [2.24, 2.45) is 0 Å². The van der Waals surface area contributed by atoms with Gasteiger partial charge < -0.3 is 25.2 Å². The molecule has 1 rings (SSSR count). The third-order valence-electron chi connectivity index (χ3n) is 1.74. The van der Waals surface area contributed by atoms with Crippen molar-refractivity contribution in [3.8, 4) is 11.5 Å². The Labute approximate surface area is 129 Å². The van der Waals surface area contributed by atoms with E-state index in [2.05, 4.69) is 0 Å². The second-order valence-electron chi connectivity index (χ2n) is 2.86. The van der Waals surface area contributed by atoms with Crippen molar-refractivity contribution in [1.82, 2.24) is 0 Å². The summed E-state index contributed by atoms with van der Waals surface area (Å²) in [4.78, 5) is 10.2. The van der Waals surface area contributed by atoms with Crippen LogP contribution in [0.3, 0.4) is 0 Å². The van der Waals surface area contributed by atoms with E-state index in [-0.39, 0.29) is 69.3 Å². The molecule has 1 aromatic rings. The summed E-state index contributed by atoms with van der Waals surface area (Å²) >= 11 is 0. The van der Waals surface area contributed by atoms with Crippen molar-refractivity contribution in [3.63, 3.8) is 0 Å². The molecule has 0 aliphatic carbocycles. The van der Waals surface area contributed by atoms with Gasteiger partial charge in [-0.15, -0.1) is 0 Å². The Bertz CT molecular complexity index is 352. The van der Waals surface area contributed by atoms with Gasteiger partial charge in [0.15, 0.2) is 11.5 Å². The second-order valence-corrected chi connectivity index (χ2v) is 2.86. The van der Waals surface area contributed by atoms with Crippen molar-refractivity contribution in [1.29, 1.82) is 0 Å². The van der Waals surface area contributed by atoms with Crippen LogP contribution in [0.4, 0.5) is 0 Å². The molecule has 0 heterocycles. The summed E-state index contributed by atoms with van der Waals surface area (Å²) in [5.74, 6) is -2.22. The van der Waals surface area contributed by atoms with Gasteiger partial charge >= 0.3 is 51.4 Å². The molecule has 1 atom stereocenters. The minimum Gasteiger partial charge on any atom is -0.547 e. The van der Waals surface area contributed by atoms with Crippen LogP contribution in [0.5, 0.6) is 11.5 Å². The molecule has 0 amide bonds. The van der Waals surface area contributed by atoms with E-state index in [1.807, 2.05) is 0 Å². The zero-order chi connectivity index (χ0) is 10.7. The SMILES string of the molecule is O=C([O-])C(O)Cc1ccc(O)c(O)c1.[K+]. The monoisotopic (exact) mass is 236 g/mol. The molecular weight excluding hydrogens is 227 g/mol. The molecule has 1 aromatic carbocycles. The third kappa shape index (κ3) is 4.50. The van der Waals surface area contributed by atoms with Gasteiger partial charge in [0.05, 0.1) is 12.1 Å². The number of aliphatic carboxylic acids is 1. The largest absolute Gasteiger partial charge is 1.00 e. The van der Waals surface area contributed by atoms with E-state index in [0.717, 1.165) is 0 Å². The first-order valence-corrected chi connectivity index (χ1v) is 3.90. The maximum Gasteiger partial charge on any atom is 1.00 e. The molecule has 0 fully saturated rings. The van der Waals surface area contributed by atoms with Gasteiger partial charge in [-0.05, 0) is 17.7 Å². The molecule has 0 aromatic heterocycles. The van der Waals surface area contributed by atoms with Crippen LogP contribution in [0.2, 0.25) is 0 Å². The van der Waals surface area contributed by atoms with Gasteiger partial charge in [-0.1, -0.05) is 6.07 Å². The molecule has 3 N–H and O–H groups in total. The summed E-state index contributed by atoms with van der Waals surface area (Å²) in [6.07, 6.45) is -1.78. The average molecular weight is 236 g/mol.